The number of nitrogens with zero attached hydrogens (tertiary/aromatic N) is 2. The highest BCUT2D eigenvalue weighted by Gasteiger charge is 2.35. The Kier molecular flexibility index (Phi) is 12.5. The van der Waals surface area contributed by atoms with E-state index in [-0.39, 0.29) is 29.5 Å². The normalized spacial score (nSPS) is 11.8. The van der Waals surface area contributed by atoms with E-state index in [1.54, 1.807) is 60.7 Å². The third-order valence-electron chi connectivity index (χ3n) is 7.46. The maximum atomic E-state index is 14.6. The Bertz CT molecular complexity index is 1690. The van der Waals surface area contributed by atoms with E-state index in [9.17, 15) is 18.0 Å². The molecule has 0 aromatic heterocycles. The van der Waals surface area contributed by atoms with Crippen molar-refractivity contribution in [3.8, 4) is 5.75 Å². The molecule has 0 aliphatic rings. The van der Waals surface area contributed by atoms with Gasteiger partial charge in [0.15, 0.2) is 0 Å². The van der Waals surface area contributed by atoms with Crippen LogP contribution in [0.1, 0.15) is 30.9 Å². The Morgan fingerprint density at radius 1 is 0.848 bits per heavy atom. The molecule has 0 spiro atoms. The zero-order valence-electron chi connectivity index (χ0n) is 25.7. The van der Waals surface area contributed by atoms with Crippen LogP contribution < -0.4 is 14.4 Å². The topological polar surface area (TPSA) is 96.0 Å². The summed E-state index contributed by atoms with van der Waals surface area (Å²) in [6.07, 6.45) is 1.81. The number of nitrogens with one attached hydrogen (secondary N) is 1. The van der Waals surface area contributed by atoms with Gasteiger partial charge in [-0.05, 0) is 60.5 Å². The molecule has 1 N–H and O–H groups in total. The van der Waals surface area contributed by atoms with Crippen LogP contribution in [0.4, 0.5) is 5.69 Å². The molecule has 46 heavy (non-hydrogen) atoms. The van der Waals surface area contributed by atoms with Crippen LogP contribution in [0.15, 0.2) is 108 Å². The SMILES string of the molecule is CCCCNC(=O)[C@H](Cc1ccccc1)N(Cc1c(Cl)cccc1Cl)C(=O)CN(c1ccc(OC)cc1)S(=O)(=O)c1ccccc1. The number of carbonyl (C=O) groups excluding carboxylic acids is 2. The molecule has 0 fully saturated rings. The van der Waals surface area contributed by atoms with E-state index >= 15 is 0 Å². The number of amides is 2. The highest BCUT2D eigenvalue weighted by Crippen LogP contribution is 2.29. The number of benzene rings is 4. The van der Waals surface area contributed by atoms with Gasteiger partial charge in [-0.25, -0.2) is 8.42 Å². The summed E-state index contributed by atoms with van der Waals surface area (Å²) < 4.78 is 34.5. The van der Waals surface area contributed by atoms with Crippen molar-refractivity contribution in [2.24, 2.45) is 0 Å². The zero-order valence-corrected chi connectivity index (χ0v) is 28.1. The largest absolute Gasteiger partial charge is 0.497 e. The van der Waals surface area contributed by atoms with Crippen LogP contribution in [0.2, 0.25) is 10.0 Å². The molecule has 4 aromatic rings. The van der Waals surface area contributed by atoms with Crippen molar-refractivity contribution in [2.45, 2.75) is 43.7 Å². The molecular weight excluding hydrogens is 645 g/mol. The van der Waals surface area contributed by atoms with Crippen molar-refractivity contribution >= 4 is 50.7 Å². The molecule has 0 radical (unpaired) electrons. The van der Waals surface area contributed by atoms with Crippen molar-refractivity contribution in [3.63, 3.8) is 0 Å². The minimum atomic E-state index is -4.22. The molecule has 0 heterocycles. The number of hydrogen-bond acceptors (Lipinski definition) is 5. The second-order valence-corrected chi connectivity index (χ2v) is 13.3. The molecule has 1 atom stereocenters. The number of unbranched alkanes of at least 4 members (excludes halogenated alkanes) is 1. The van der Waals surface area contributed by atoms with Gasteiger partial charge < -0.3 is 15.0 Å². The Morgan fingerprint density at radius 2 is 1.46 bits per heavy atom. The zero-order chi connectivity index (χ0) is 33.1. The van der Waals surface area contributed by atoms with Gasteiger partial charge in [-0.1, -0.05) is 91.1 Å². The van der Waals surface area contributed by atoms with Crippen LogP contribution in [-0.4, -0.2) is 51.4 Å². The smallest absolute Gasteiger partial charge is 0.264 e. The van der Waals surface area contributed by atoms with Gasteiger partial charge in [0.2, 0.25) is 11.8 Å². The van der Waals surface area contributed by atoms with E-state index in [2.05, 4.69) is 5.32 Å². The van der Waals surface area contributed by atoms with Crippen molar-refractivity contribution in [2.75, 3.05) is 24.5 Å². The minimum Gasteiger partial charge on any atom is -0.497 e. The standard InChI is InChI=1S/C35H37Cl2N3O5S/c1-3-4-22-38-35(42)33(23-26-12-7-5-8-13-26)39(24-30-31(36)16-11-17-32(30)37)34(41)25-40(27-18-20-28(45-2)21-19-27)46(43,44)29-14-9-6-10-15-29/h5-21,33H,3-4,22-25H2,1-2H3,(H,38,42)/t33-/m0/s1. The van der Waals surface area contributed by atoms with Gasteiger partial charge >= 0.3 is 0 Å². The average molecular weight is 683 g/mol. The molecule has 2 amide bonds. The van der Waals surface area contributed by atoms with E-state index in [1.807, 2.05) is 37.3 Å². The number of sulfonamides is 1. The van der Waals surface area contributed by atoms with Crippen LogP contribution in [-0.2, 0) is 32.6 Å². The van der Waals surface area contributed by atoms with Crippen molar-refractivity contribution < 1.29 is 22.7 Å². The summed E-state index contributed by atoms with van der Waals surface area (Å²) in [6.45, 7) is 1.72. The quantitative estimate of drug-likeness (QED) is 0.140. The number of rotatable bonds is 15. The third-order valence-corrected chi connectivity index (χ3v) is 9.96. The van der Waals surface area contributed by atoms with Gasteiger partial charge in [-0.2, -0.15) is 0 Å². The fraction of sp³-hybridized carbons (Fsp3) is 0.257. The first kappa shape index (κ1) is 34.8. The molecule has 4 aromatic carbocycles. The summed E-state index contributed by atoms with van der Waals surface area (Å²) in [5.41, 5.74) is 1.52. The van der Waals surface area contributed by atoms with E-state index in [0.29, 0.717) is 27.9 Å². The maximum Gasteiger partial charge on any atom is 0.264 e. The summed E-state index contributed by atoms with van der Waals surface area (Å²) in [7, 11) is -2.71. The van der Waals surface area contributed by atoms with E-state index in [0.717, 1.165) is 22.7 Å². The first-order valence-electron chi connectivity index (χ1n) is 14.9. The Balaban J connectivity index is 1.81. The highest BCUT2D eigenvalue weighted by atomic mass is 35.5. The maximum absolute atomic E-state index is 14.6. The Labute approximate surface area is 280 Å². The Hall–Kier alpha value is -4.05. The summed E-state index contributed by atoms with van der Waals surface area (Å²) >= 11 is 13.1. The number of hydrogen-bond donors (Lipinski definition) is 1. The average Bonchev–Trinajstić information content (AvgIpc) is 3.07. The molecule has 0 aliphatic heterocycles. The monoisotopic (exact) mass is 681 g/mol. The molecule has 8 nitrogen and oxygen atoms in total. The predicted molar refractivity (Wildman–Crippen MR) is 183 cm³/mol. The number of halogens is 2. The molecule has 0 aliphatic carbocycles. The number of ether oxygens (including phenoxy) is 1. The van der Waals surface area contributed by atoms with E-state index < -0.39 is 28.5 Å². The molecule has 0 saturated carbocycles. The van der Waals surface area contributed by atoms with Crippen LogP contribution in [0.25, 0.3) is 0 Å². The number of carbonyl (C=O) groups is 2. The summed E-state index contributed by atoms with van der Waals surface area (Å²) in [6, 6.07) is 27.6. The van der Waals surface area contributed by atoms with Gasteiger partial charge in [0.25, 0.3) is 10.0 Å². The van der Waals surface area contributed by atoms with Crippen molar-refractivity contribution in [1.29, 1.82) is 0 Å². The summed E-state index contributed by atoms with van der Waals surface area (Å²) in [4.78, 5) is 29.8. The summed E-state index contributed by atoms with van der Waals surface area (Å²) in [5.74, 6) is -0.456. The van der Waals surface area contributed by atoms with Gasteiger partial charge in [0.1, 0.15) is 18.3 Å². The second kappa shape index (κ2) is 16.5. The number of methoxy groups -OCH3 is 1. The van der Waals surface area contributed by atoms with Crippen LogP contribution in [0, 0.1) is 0 Å². The van der Waals surface area contributed by atoms with Gasteiger partial charge in [-0.15, -0.1) is 0 Å². The lowest BCUT2D eigenvalue weighted by atomic mass is 10.0. The Morgan fingerprint density at radius 3 is 2.04 bits per heavy atom. The van der Waals surface area contributed by atoms with Gasteiger partial charge in [0.05, 0.1) is 17.7 Å². The van der Waals surface area contributed by atoms with Crippen LogP contribution in [0.5, 0.6) is 5.75 Å². The molecule has 0 bridgehead atoms. The highest BCUT2D eigenvalue weighted by molar-refractivity contribution is 7.92. The van der Waals surface area contributed by atoms with Crippen molar-refractivity contribution in [1.82, 2.24) is 10.2 Å². The van der Waals surface area contributed by atoms with Gasteiger partial charge in [-0.3, -0.25) is 13.9 Å². The first-order valence-corrected chi connectivity index (χ1v) is 17.1. The van der Waals surface area contributed by atoms with Gasteiger partial charge in [0, 0.05) is 35.1 Å². The lowest BCUT2D eigenvalue weighted by Gasteiger charge is -2.34. The second-order valence-electron chi connectivity index (χ2n) is 10.6. The third kappa shape index (κ3) is 8.81. The number of anilines is 1. The molecule has 0 unspecified atom stereocenters. The molecule has 4 rings (SSSR count). The van der Waals surface area contributed by atoms with Crippen molar-refractivity contribution in [3.05, 3.63) is 124 Å². The molecule has 242 valence electrons. The first-order chi connectivity index (χ1) is 22.1. The van der Waals surface area contributed by atoms with E-state index in [4.69, 9.17) is 27.9 Å². The molecule has 11 heteroatoms. The molecular formula is C35H37Cl2N3O5S. The lowest BCUT2D eigenvalue weighted by Crippen LogP contribution is -2.53. The van der Waals surface area contributed by atoms with Crippen LogP contribution in [0.3, 0.4) is 0 Å². The summed E-state index contributed by atoms with van der Waals surface area (Å²) in [5, 5.41) is 3.60. The van der Waals surface area contributed by atoms with Crippen LogP contribution >= 0.6 is 23.2 Å². The molecule has 0 saturated heterocycles. The predicted octanol–water partition coefficient (Wildman–Crippen LogP) is 6.75. The lowest BCUT2D eigenvalue weighted by molar-refractivity contribution is -0.140. The van der Waals surface area contributed by atoms with E-state index in [1.165, 1.54) is 24.1 Å². The fourth-order valence-electron chi connectivity index (χ4n) is 4.91. The minimum absolute atomic E-state index is 0.0115. The fourth-order valence-corrected chi connectivity index (χ4v) is 6.86.